The Kier molecular flexibility index (Phi) is 5.24. The molecular weight excluding hydrogens is 296 g/mol. The molecule has 0 saturated heterocycles. The third kappa shape index (κ3) is 3.81. The molecule has 0 spiro atoms. The van der Waals surface area contributed by atoms with E-state index >= 15 is 0 Å². The summed E-state index contributed by atoms with van der Waals surface area (Å²) in [6.07, 6.45) is 4.04. The quantitative estimate of drug-likeness (QED) is 0.717. The lowest BCUT2D eigenvalue weighted by molar-refractivity contribution is -0.125. The minimum absolute atomic E-state index is 0.00824. The summed E-state index contributed by atoms with van der Waals surface area (Å²) in [5, 5.41) is 0. The van der Waals surface area contributed by atoms with E-state index in [1.54, 1.807) is 0 Å². The Morgan fingerprint density at radius 2 is 1.75 bits per heavy atom. The first kappa shape index (κ1) is 16.6. The zero-order valence-corrected chi connectivity index (χ0v) is 14.2. The van der Waals surface area contributed by atoms with Crippen molar-refractivity contribution in [1.29, 1.82) is 0 Å². The van der Waals surface area contributed by atoms with Gasteiger partial charge >= 0.3 is 0 Å². The Hall–Kier alpha value is -2.22. The molecular formula is C22H24O2. The molecule has 3 rings (SSSR count). The summed E-state index contributed by atoms with van der Waals surface area (Å²) in [4.78, 5) is 25.2. The summed E-state index contributed by atoms with van der Waals surface area (Å²) >= 11 is 0. The van der Waals surface area contributed by atoms with Gasteiger partial charge in [-0.25, -0.2) is 0 Å². The molecule has 0 aromatic heterocycles. The average molecular weight is 320 g/mol. The second kappa shape index (κ2) is 7.57. The number of benzene rings is 2. The van der Waals surface area contributed by atoms with Crippen LogP contribution in [0.5, 0.6) is 0 Å². The van der Waals surface area contributed by atoms with E-state index in [2.05, 4.69) is 31.2 Å². The molecule has 2 aromatic rings. The molecule has 24 heavy (non-hydrogen) atoms. The Labute approximate surface area is 143 Å². The summed E-state index contributed by atoms with van der Waals surface area (Å²) in [5.41, 5.74) is 3.05. The van der Waals surface area contributed by atoms with Gasteiger partial charge < -0.3 is 0 Å². The van der Waals surface area contributed by atoms with Gasteiger partial charge in [-0.2, -0.15) is 0 Å². The molecule has 1 saturated carbocycles. The van der Waals surface area contributed by atoms with Crippen molar-refractivity contribution in [3.05, 3.63) is 71.3 Å². The zero-order valence-electron chi connectivity index (χ0n) is 14.2. The van der Waals surface area contributed by atoms with E-state index in [4.69, 9.17) is 0 Å². The van der Waals surface area contributed by atoms with E-state index in [1.165, 1.54) is 5.56 Å². The minimum atomic E-state index is -0.0193. The normalized spacial score (nSPS) is 19.0. The predicted octanol–water partition coefficient (Wildman–Crippen LogP) is 5.11. The highest BCUT2D eigenvalue weighted by Crippen LogP contribution is 2.37. The molecule has 0 aliphatic heterocycles. The molecule has 124 valence electrons. The number of Topliss-reactive ketones (excluding diaryl/α,β-unsaturated/α-hetero) is 2. The van der Waals surface area contributed by atoms with Gasteiger partial charge in [-0.3, -0.25) is 9.59 Å². The van der Waals surface area contributed by atoms with Gasteiger partial charge in [0.2, 0.25) is 0 Å². The standard InChI is InChI=1S/C22H24O2/c1-16-11-13-17(14-12-16)20(19-9-5-6-10-21(19)23)15-22(24)18-7-3-2-4-8-18/h2-4,7-8,11-14,19-20H,5-6,9-10,15H2,1H3/t19-,20-/m0/s1. The number of rotatable bonds is 5. The van der Waals surface area contributed by atoms with Crippen molar-refractivity contribution in [2.24, 2.45) is 5.92 Å². The molecule has 0 radical (unpaired) electrons. The summed E-state index contributed by atoms with van der Waals surface area (Å²) in [6, 6.07) is 17.7. The fourth-order valence-corrected chi connectivity index (χ4v) is 3.68. The van der Waals surface area contributed by atoms with Crippen LogP contribution in [0.3, 0.4) is 0 Å². The Morgan fingerprint density at radius 3 is 2.42 bits per heavy atom. The van der Waals surface area contributed by atoms with Gasteiger partial charge in [-0.05, 0) is 25.3 Å². The SMILES string of the molecule is Cc1ccc([C@H](CC(=O)c2ccccc2)[C@@H]2CCCCC2=O)cc1. The predicted molar refractivity (Wildman–Crippen MR) is 96.3 cm³/mol. The molecule has 1 aliphatic carbocycles. The Bertz CT molecular complexity index is 701. The van der Waals surface area contributed by atoms with Crippen molar-refractivity contribution in [3.63, 3.8) is 0 Å². The van der Waals surface area contributed by atoms with Gasteiger partial charge in [0.05, 0.1) is 0 Å². The number of hydrogen-bond donors (Lipinski definition) is 0. The first-order valence-corrected chi connectivity index (χ1v) is 8.82. The van der Waals surface area contributed by atoms with Crippen molar-refractivity contribution in [3.8, 4) is 0 Å². The summed E-state index contributed by atoms with van der Waals surface area (Å²) in [6.45, 7) is 2.06. The molecule has 2 nitrogen and oxygen atoms in total. The molecule has 0 bridgehead atoms. The number of carbonyl (C=O) groups excluding carboxylic acids is 2. The van der Waals surface area contributed by atoms with E-state index < -0.39 is 0 Å². The van der Waals surface area contributed by atoms with Gasteiger partial charge in [0, 0.05) is 30.2 Å². The van der Waals surface area contributed by atoms with Crippen LogP contribution < -0.4 is 0 Å². The summed E-state index contributed by atoms with van der Waals surface area (Å²) < 4.78 is 0. The molecule has 2 atom stereocenters. The van der Waals surface area contributed by atoms with Crippen LogP contribution in [-0.2, 0) is 4.79 Å². The van der Waals surface area contributed by atoms with E-state index in [9.17, 15) is 9.59 Å². The van der Waals surface area contributed by atoms with Crippen LogP contribution >= 0.6 is 0 Å². The topological polar surface area (TPSA) is 34.1 Å². The van der Waals surface area contributed by atoms with Crippen LogP contribution in [0.4, 0.5) is 0 Å². The molecule has 0 heterocycles. The van der Waals surface area contributed by atoms with Gasteiger partial charge in [-0.15, -0.1) is 0 Å². The van der Waals surface area contributed by atoms with Crippen molar-refractivity contribution in [1.82, 2.24) is 0 Å². The number of hydrogen-bond acceptors (Lipinski definition) is 2. The highest BCUT2D eigenvalue weighted by molar-refractivity contribution is 5.97. The second-order valence-corrected chi connectivity index (χ2v) is 6.83. The fraction of sp³-hybridized carbons (Fsp3) is 0.364. The average Bonchev–Trinajstić information content (AvgIpc) is 2.62. The molecule has 2 aromatic carbocycles. The number of ketones is 2. The zero-order chi connectivity index (χ0) is 16.9. The van der Waals surface area contributed by atoms with Crippen molar-refractivity contribution < 1.29 is 9.59 Å². The van der Waals surface area contributed by atoms with Gasteiger partial charge in [-0.1, -0.05) is 66.6 Å². The molecule has 0 unspecified atom stereocenters. The lowest BCUT2D eigenvalue weighted by Crippen LogP contribution is -2.27. The highest BCUT2D eigenvalue weighted by atomic mass is 16.1. The van der Waals surface area contributed by atoms with Crippen LogP contribution in [0.2, 0.25) is 0 Å². The van der Waals surface area contributed by atoms with Crippen molar-refractivity contribution in [2.45, 2.75) is 44.9 Å². The third-order valence-electron chi connectivity index (χ3n) is 5.09. The maximum atomic E-state index is 12.7. The van der Waals surface area contributed by atoms with E-state index in [-0.39, 0.29) is 17.6 Å². The van der Waals surface area contributed by atoms with E-state index in [0.717, 1.165) is 30.4 Å². The van der Waals surface area contributed by atoms with Gasteiger partial charge in [0.25, 0.3) is 0 Å². The van der Waals surface area contributed by atoms with E-state index in [0.29, 0.717) is 18.6 Å². The molecule has 1 aliphatic rings. The first-order valence-electron chi connectivity index (χ1n) is 8.82. The largest absolute Gasteiger partial charge is 0.299 e. The molecule has 0 N–H and O–H groups in total. The molecule has 2 heteroatoms. The lowest BCUT2D eigenvalue weighted by Gasteiger charge is -2.29. The second-order valence-electron chi connectivity index (χ2n) is 6.83. The van der Waals surface area contributed by atoms with Gasteiger partial charge in [0.15, 0.2) is 5.78 Å². The van der Waals surface area contributed by atoms with Crippen LogP contribution in [-0.4, -0.2) is 11.6 Å². The first-order chi connectivity index (χ1) is 11.6. The smallest absolute Gasteiger partial charge is 0.163 e. The summed E-state index contributed by atoms with van der Waals surface area (Å²) in [7, 11) is 0. The minimum Gasteiger partial charge on any atom is -0.299 e. The van der Waals surface area contributed by atoms with Crippen LogP contribution in [0.1, 0.15) is 59.5 Å². The summed E-state index contributed by atoms with van der Waals surface area (Å²) in [5.74, 6) is 0.424. The highest BCUT2D eigenvalue weighted by Gasteiger charge is 2.32. The van der Waals surface area contributed by atoms with Crippen molar-refractivity contribution >= 4 is 11.6 Å². The third-order valence-corrected chi connectivity index (χ3v) is 5.09. The maximum absolute atomic E-state index is 12.7. The number of carbonyl (C=O) groups is 2. The fourth-order valence-electron chi connectivity index (χ4n) is 3.68. The lowest BCUT2D eigenvalue weighted by atomic mass is 9.73. The Balaban J connectivity index is 1.88. The van der Waals surface area contributed by atoms with E-state index in [1.807, 2.05) is 30.3 Å². The number of aryl methyl sites for hydroxylation is 1. The monoisotopic (exact) mass is 320 g/mol. The van der Waals surface area contributed by atoms with Crippen LogP contribution in [0.25, 0.3) is 0 Å². The molecule has 0 amide bonds. The molecule has 1 fully saturated rings. The van der Waals surface area contributed by atoms with Gasteiger partial charge in [0.1, 0.15) is 5.78 Å². The Morgan fingerprint density at radius 1 is 1.04 bits per heavy atom. The maximum Gasteiger partial charge on any atom is 0.163 e. The van der Waals surface area contributed by atoms with Crippen molar-refractivity contribution in [2.75, 3.05) is 0 Å². The van der Waals surface area contributed by atoms with Crippen LogP contribution in [0.15, 0.2) is 54.6 Å². The van der Waals surface area contributed by atoms with Crippen LogP contribution in [0, 0.1) is 12.8 Å².